The Bertz CT molecular complexity index is 1240. The van der Waals surface area contributed by atoms with Gasteiger partial charge in [-0.15, -0.1) is 0 Å². The molecule has 7 nitrogen and oxygen atoms in total. The van der Waals surface area contributed by atoms with E-state index >= 15 is 0 Å². The summed E-state index contributed by atoms with van der Waals surface area (Å²) in [6.07, 6.45) is 0. The number of carbonyl (C=O) groups excluding carboxylic acids is 2. The van der Waals surface area contributed by atoms with Crippen molar-refractivity contribution < 1.29 is 19.1 Å². The molecule has 2 N–H and O–H groups in total. The minimum atomic E-state index is 0.0984. The molecule has 1 atom stereocenters. The second kappa shape index (κ2) is 16.3. The number of halogens is 1. The molecule has 0 bridgehead atoms. The lowest BCUT2D eigenvalue weighted by Crippen LogP contribution is -2.36. The van der Waals surface area contributed by atoms with Gasteiger partial charge in [-0.1, -0.05) is 52.3 Å². The Labute approximate surface area is 246 Å². The van der Waals surface area contributed by atoms with Crippen LogP contribution >= 0.6 is 15.9 Å². The zero-order valence-electron chi connectivity index (χ0n) is 23.6. The zero-order valence-corrected chi connectivity index (χ0v) is 25.2. The van der Waals surface area contributed by atoms with E-state index in [9.17, 15) is 9.59 Å². The molecule has 0 aliphatic carbocycles. The molecule has 3 aromatic carbocycles. The minimum absolute atomic E-state index is 0.0984. The van der Waals surface area contributed by atoms with Crippen molar-refractivity contribution in [1.82, 2.24) is 0 Å². The third-order valence-electron chi connectivity index (χ3n) is 6.63. The van der Waals surface area contributed by atoms with Crippen molar-refractivity contribution in [2.75, 3.05) is 62.4 Å². The van der Waals surface area contributed by atoms with Crippen molar-refractivity contribution in [3.8, 4) is 0 Å². The van der Waals surface area contributed by atoms with E-state index in [1.165, 1.54) is 11.3 Å². The van der Waals surface area contributed by atoms with E-state index in [1.807, 2.05) is 49.4 Å². The van der Waals surface area contributed by atoms with Gasteiger partial charge in [0.25, 0.3) is 0 Å². The summed E-state index contributed by atoms with van der Waals surface area (Å²) < 4.78 is 11.6. The number of ketones is 2. The summed E-state index contributed by atoms with van der Waals surface area (Å²) in [7, 11) is 0. The van der Waals surface area contributed by atoms with Crippen LogP contribution in [-0.2, 0) is 9.47 Å². The molecule has 0 amide bonds. The monoisotopic (exact) mass is 609 g/mol. The highest BCUT2D eigenvalue weighted by atomic mass is 79.9. The lowest BCUT2D eigenvalue weighted by atomic mass is 10.1. The molecule has 214 valence electrons. The first kappa shape index (κ1) is 31.5. The zero-order chi connectivity index (χ0) is 28.9. The first-order valence-corrected chi connectivity index (χ1v) is 14.4. The second-order valence-corrected chi connectivity index (χ2v) is 10.7. The molecule has 2 aliphatic heterocycles. The highest BCUT2D eigenvalue weighted by Gasteiger charge is 2.13. The van der Waals surface area contributed by atoms with Crippen LogP contribution in [0, 0.1) is 0 Å². The Morgan fingerprint density at radius 2 is 1.18 bits per heavy atom. The molecule has 3 aromatic rings. The van der Waals surface area contributed by atoms with Crippen molar-refractivity contribution >= 4 is 38.9 Å². The summed E-state index contributed by atoms with van der Waals surface area (Å²) >= 11 is 3.28. The molecule has 2 aliphatic rings. The highest BCUT2D eigenvalue weighted by molar-refractivity contribution is 9.10. The fraction of sp³-hybridized carbons (Fsp3) is 0.375. The molecule has 2 saturated heterocycles. The van der Waals surface area contributed by atoms with Gasteiger partial charge in [0.1, 0.15) is 0 Å². The van der Waals surface area contributed by atoms with E-state index in [4.69, 9.17) is 15.2 Å². The molecule has 0 spiro atoms. The summed E-state index contributed by atoms with van der Waals surface area (Å²) in [5, 5.41) is 0. The van der Waals surface area contributed by atoms with Crippen LogP contribution < -0.4 is 15.5 Å². The van der Waals surface area contributed by atoms with Gasteiger partial charge in [0.15, 0.2) is 11.6 Å². The average Bonchev–Trinajstić information content (AvgIpc) is 2.99. The van der Waals surface area contributed by atoms with Gasteiger partial charge in [0, 0.05) is 59.2 Å². The molecule has 2 fully saturated rings. The number of morpholine rings is 2. The number of hydrogen-bond donors (Lipinski definition) is 1. The minimum Gasteiger partial charge on any atom is -0.378 e. The summed E-state index contributed by atoms with van der Waals surface area (Å²) in [5.41, 5.74) is 11.0. The van der Waals surface area contributed by atoms with Crippen LogP contribution in [0.4, 0.5) is 11.4 Å². The lowest BCUT2D eigenvalue weighted by molar-refractivity contribution is 0.100. The third-order valence-corrected chi connectivity index (χ3v) is 7.13. The molecular formula is C32H40BrN3O4. The van der Waals surface area contributed by atoms with Crippen molar-refractivity contribution in [3.05, 3.63) is 94.0 Å². The normalized spacial score (nSPS) is 15.6. The largest absolute Gasteiger partial charge is 0.378 e. The Hall–Kier alpha value is -3.04. The van der Waals surface area contributed by atoms with Crippen molar-refractivity contribution in [3.63, 3.8) is 0 Å². The Morgan fingerprint density at radius 3 is 1.62 bits per heavy atom. The van der Waals surface area contributed by atoms with Gasteiger partial charge in [-0.25, -0.2) is 0 Å². The quantitative estimate of drug-likeness (QED) is 0.359. The van der Waals surface area contributed by atoms with Gasteiger partial charge in [-0.2, -0.15) is 0 Å². The first-order valence-electron chi connectivity index (χ1n) is 13.6. The van der Waals surface area contributed by atoms with Gasteiger partial charge < -0.3 is 25.0 Å². The molecule has 8 heteroatoms. The molecule has 0 saturated carbocycles. The topological polar surface area (TPSA) is 85.1 Å². The fourth-order valence-corrected chi connectivity index (χ4v) is 4.68. The number of nitrogens with zero attached hydrogens (tertiary/aromatic N) is 2. The van der Waals surface area contributed by atoms with Crippen molar-refractivity contribution in [2.45, 2.75) is 26.8 Å². The number of hydrogen-bond acceptors (Lipinski definition) is 7. The summed E-state index contributed by atoms with van der Waals surface area (Å²) in [6, 6.07) is 23.7. The molecule has 0 aromatic heterocycles. The molecule has 1 unspecified atom stereocenters. The molecule has 5 rings (SSSR count). The maximum atomic E-state index is 11.2. The number of Topliss-reactive ketones (excluding diaryl/α,β-unsaturated/α-hetero) is 2. The van der Waals surface area contributed by atoms with E-state index in [0.717, 1.165) is 73.9 Å². The number of nitrogens with two attached hydrogens (primary N) is 1. The Kier molecular flexibility index (Phi) is 12.8. The van der Waals surface area contributed by atoms with Crippen LogP contribution in [-0.4, -0.2) is 64.2 Å². The number of anilines is 2. The van der Waals surface area contributed by atoms with Crippen LogP contribution in [0.25, 0.3) is 0 Å². The Morgan fingerprint density at radius 1 is 0.725 bits per heavy atom. The van der Waals surface area contributed by atoms with Gasteiger partial charge in [0.2, 0.25) is 0 Å². The van der Waals surface area contributed by atoms with Crippen LogP contribution in [0.5, 0.6) is 0 Å². The summed E-state index contributed by atoms with van der Waals surface area (Å²) in [4.78, 5) is 26.6. The number of rotatable bonds is 5. The van der Waals surface area contributed by atoms with E-state index in [2.05, 4.69) is 50.0 Å². The predicted molar refractivity (Wildman–Crippen MR) is 166 cm³/mol. The van der Waals surface area contributed by atoms with Crippen molar-refractivity contribution in [2.24, 2.45) is 5.73 Å². The van der Waals surface area contributed by atoms with Crippen LogP contribution in [0.3, 0.4) is 0 Å². The second-order valence-electron chi connectivity index (χ2n) is 9.76. The lowest BCUT2D eigenvalue weighted by Gasteiger charge is -2.29. The summed E-state index contributed by atoms with van der Waals surface area (Å²) in [5.74, 6) is 0.214. The number of ether oxygens (including phenoxy) is 2. The average molecular weight is 611 g/mol. The fourth-order valence-electron chi connectivity index (χ4n) is 4.28. The summed E-state index contributed by atoms with van der Waals surface area (Å²) in [6.45, 7) is 12.1. The smallest absolute Gasteiger partial charge is 0.159 e. The number of benzene rings is 3. The van der Waals surface area contributed by atoms with Gasteiger partial charge in [-0.05, 0) is 62.7 Å². The first-order chi connectivity index (χ1) is 19.2. The van der Waals surface area contributed by atoms with Gasteiger partial charge in [-0.3, -0.25) is 9.59 Å². The molecular weight excluding hydrogens is 570 g/mol. The maximum absolute atomic E-state index is 11.2. The number of carbonyl (C=O) groups is 2. The third kappa shape index (κ3) is 10.2. The van der Waals surface area contributed by atoms with E-state index in [-0.39, 0.29) is 17.6 Å². The van der Waals surface area contributed by atoms with E-state index in [1.54, 1.807) is 19.9 Å². The standard InChI is InChI=1S/C12H18N2O.C12H15NO2.C8H7BrO/c1-10(13)11-3-2-4-12(9-11)14-5-7-15-8-6-14;1-10(14)11-3-2-4-12(9-11)13-5-7-15-8-6-13;1-6(10)7-3-2-4-8(9)5-7/h2-4,9-10H,5-8,13H2,1H3;2-4,9H,5-8H2,1H3;2-5H,1H3. The molecule has 40 heavy (non-hydrogen) atoms. The SMILES string of the molecule is CC(=O)c1cccc(Br)c1.CC(=O)c1cccc(N2CCOCC2)c1.CC(N)c1cccc(N2CCOCC2)c1. The predicted octanol–water partition coefficient (Wildman–Crippen LogP) is 5.92. The van der Waals surface area contributed by atoms with Gasteiger partial charge in [0.05, 0.1) is 26.4 Å². The van der Waals surface area contributed by atoms with Crippen LogP contribution in [0.1, 0.15) is 53.1 Å². The molecule has 0 radical (unpaired) electrons. The van der Waals surface area contributed by atoms with Gasteiger partial charge >= 0.3 is 0 Å². The van der Waals surface area contributed by atoms with Crippen molar-refractivity contribution in [1.29, 1.82) is 0 Å². The van der Waals surface area contributed by atoms with Crippen LogP contribution in [0.2, 0.25) is 0 Å². The van der Waals surface area contributed by atoms with E-state index in [0.29, 0.717) is 0 Å². The van der Waals surface area contributed by atoms with E-state index < -0.39 is 0 Å². The Balaban J connectivity index is 0.000000169. The highest BCUT2D eigenvalue weighted by Crippen LogP contribution is 2.20. The maximum Gasteiger partial charge on any atom is 0.159 e. The van der Waals surface area contributed by atoms with Crippen LogP contribution in [0.15, 0.2) is 77.3 Å². The molecule has 2 heterocycles.